The summed E-state index contributed by atoms with van der Waals surface area (Å²) >= 11 is 0. The lowest BCUT2D eigenvalue weighted by Crippen LogP contribution is -2.33. The number of hydrogen-bond acceptors (Lipinski definition) is 7. The molecule has 2 aliphatic rings. The van der Waals surface area contributed by atoms with Crippen LogP contribution in [0.3, 0.4) is 0 Å². The van der Waals surface area contributed by atoms with Crippen molar-refractivity contribution in [2.45, 2.75) is 40.0 Å². The number of amides is 2. The Bertz CT molecular complexity index is 1100. The fourth-order valence-electron chi connectivity index (χ4n) is 4.44. The van der Waals surface area contributed by atoms with Crippen LogP contribution in [-0.4, -0.2) is 51.3 Å². The lowest BCUT2D eigenvalue weighted by Gasteiger charge is -2.14. The van der Waals surface area contributed by atoms with Crippen LogP contribution in [0, 0.1) is 32.6 Å². The van der Waals surface area contributed by atoms with Gasteiger partial charge in [-0.25, -0.2) is 0 Å². The van der Waals surface area contributed by atoms with Crippen molar-refractivity contribution in [1.82, 2.24) is 14.6 Å². The van der Waals surface area contributed by atoms with E-state index in [0.717, 1.165) is 10.6 Å². The third-order valence-corrected chi connectivity index (χ3v) is 6.08. The number of aromatic nitrogens is 2. The predicted molar refractivity (Wildman–Crippen MR) is 112 cm³/mol. The number of carbonyl (C=O) groups excluding carboxylic acids is 4. The fourth-order valence-corrected chi connectivity index (χ4v) is 4.44. The number of ether oxygens (including phenoxy) is 1. The van der Waals surface area contributed by atoms with Crippen LogP contribution in [0.15, 0.2) is 28.8 Å². The molecule has 32 heavy (non-hydrogen) atoms. The number of hydrogen-bond donors (Lipinski definition) is 0. The van der Waals surface area contributed by atoms with Crippen molar-refractivity contribution in [2.75, 3.05) is 13.2 Å². The Kier molecular flexibility index (Phi) is 5.82. The van der Waals surface area contributed by atoms with Crippen molar-refractivity contribution >= 4 is 23.6 Å². The van der Waals surface area contributed by atoms with Gasteiger partial charge in [0.05, 0.1) is 18.3 Å². The van der Waals surface area contributed by atoms with Gasteiger partial charge in [0.25, 0.3) is 0 Å². The average Bonchev–Trinajstić information content (AvgIpc) is 3.40. The molecular formula is C23H25N3O6. The monoisotopic (exact) mass is 439 g/mol. The molecule has 9 nitrogen and oxygen atoms in total. The standard InChI is InChI=1S/C23H25N3O6/c1-13-10-18(15(3)26(13)20-11-14(2)32-24-20)19(27)12-31-21(28)8-9-25-22(29)16-6-4-5-7-17(16)23(25)30/h4-5,10-11,16-17H,6-9,12H2,1-3H3/t16-,17-/m0/s1. The van der Waals surface area contributed by atoms with E-state index in [1.54, 1.807) is 30.5 Å². The molecule has 0 aromatic carbocycles. The van der Waals surface area contributed by atoms with E-state index in [-0.39, 0.29) is 42.4 Å². The van der Waals surface area contributed by atoms with Crippen LogP contribution in [0.1, 0.15) is 46.8 Å². The zero-order chi connectivity index (χ0) is 23.0. The van der Waals surface area contributed by atoms with Crippen molar-refractivity contribution < 1.29 is 28.4 Å². The maximum Gasteiger partial charge on any atom is 0.308 e. The van der Waals surface area contributed by atoms with Gasteiger partial charge in [-0.15, -0.1) is 0 Å². The number of allylic oxidation sites excluding steroid dienone is 2. The highest BCUT2D eigenvalue weighted by atomic mass is 16.5. The summed E-state index contributed by atoms with van der Waals surface area (Å²) in [5.74, 6) is -0.865. The van der Waals surface area contributed by atoms with Crippen LogP contribution in [0.4, 0.5) is 0 Å². The van der Waals surface area contributed by atoms with Gasteiger partial charge in [0, 0.05) is 29.6 Å². The Balaban J connectivity index is 1.32. The average molecular weight is 439 g/mol. The van der Waals surface area contributed by atoms with Gasteiger partial charge in [-0.3, -0.25) is 28.6 Å². The van der Waals surface area contributed by atoms with Crippen LogP contribution in [0.25, 0.3) is 5.82 Å². The smallest absolute Gasteiger partial charge is 0.308 e. The first-order valence-corrected chi connectivity index (χ1v) is 10.6. The van der Waals surface area contributed by atoms with Crippen LogP contribution in [-0.2, 0) is 19.1 Å². The summed E-state index contributed by atoms with van der Waals surface area (Å²) < 4.78 is 12.0. The molecule has 0 spiro atoms. The Morgan fingerprint density at radius 3 is 2.34 bits per heavy atom. The number of imide groups is 1. The van der Waals surface area contributed by atoms with E-state index in [2.05, 4.69) is 5.16 Å². The number of ketones is 1. The van der Waals surface area contributed by atoms with E-state index in [1.807, 2.05) is 19.1 Å². The first-order valence-electron chi connectivity index (χ1n) is 10.6. The minimum Gasteiger partial charge on any atom is -0.457 e. The third-order valence-electron chi connectivity index (χ3n) is 6.08. The summed E-state index contributed by atoms with van der Waals surface area (Å²) in [5.41, 5.74) is 1.89. The summed E-state index contributed by atoms with van der Waals surface area (Å²) in [6.45, 7) is 4.96. The number of Topliss-reactive ketones (excluding diaryl/α,β-unsaturated/α-hetero) is 1. The van der Waals surface area contributed by atoms with Crippen molar-refractivity contribution in [3.63, 3.8) is 0 Å². The van der Waals surface area contributed by atoms with Gasteiger partial charge >= 0.3 is 5.97 Å². The largest absolute Gasteiger partial charge is 0.457 e. The third kappa shape index (κ3) is 3.90. The molecule has 2 aromatic rings. The SMILES string of the molecule is Cc1cc(-n2c(C)cc(C(=O)COC(=O)CCN3C(=O)[C@H]4CC=CC[C@@H]4C3=O)c2C)no1. The number of carbonyl (C=O) groups is 4. The van der Waals surface area contributed by atoms with Crippen LogP contribution in [0.5, 0.6) is 0 Å². The molecule has 0 bridgehead atoms. The Hall–Kier alpha value is -3.49. The Labute approximate surface area is 185 Å². The number of likely N-dealkylation sites (tertiary alicyclic amines) is 1. The summed E-state index contributed by atoms with van der Waals surface area (Å²) in [7, 11) is 0. The molecule has 9 heteroatoms. The van der Waals surface area contributed by atoms with E-state index < -0.39 is 12.6 Å². The van der Waals surface area contributed by atoms with Crippen LogP contribution in [0.2, 0.25) is 0 Å². The highest BCUT2D eigenvalue weighted by Crippen LogP contribution is 2.35. The normalized spacial score (nSPS) is 20.0. The molecule has 1 fully saturated rings. The van der Waals surface area contributed by atoms with Gasteiger partial charge in [0.1, 0.15) is 5.76 Å². The van der Waals surface area contributed by atoms with Crippen molar-refractivity contribution in [2.24, 2.45) is 11.8 Å². The number of fused-ring (bicyclic) bond motifs is 1. The van der Waals surface area contributed by atoms with Crippen molar-refractivity contribution in [3.8, 4) is 5.82 Å². The molecule has 2 amide bonds. The first-order chi connectivity index (χ1) is 15.3. The molecule has 3 heterocycles. The molecule has 0 N–H and O–H groups in total. The second kappa shape index (κ2) is 8.57. The zero-order valence-corrected chi connectivity index (χ0v) is 18.3. The molecule has 2 atom stereocenters. The van der Waals surface area contributed by atoms with Gasteiger partial charge in [0.2, 0.25) is 17.6 Å². The summed E-state index contributed by atoms with van der Waals surface area (Å²) in [4.78, 5) is 50.9. The molecular weight excluding hydrogens is 414 g/mol. The molecule has 1 aliphatic carbocycles. The van der Waals surface area contributed by atoms with Gasteiger partial charge in [0.15, 0.2) is 12.4 Å². The van der Waals surface area contributed by atoms with E-state index in [4.69, 9.17) is 9.26 Å². The van der Waals surface area contributed by atoms with E-state index >= 15 is 0 Å². The zero-order valence-electron chi connectivity index (χ0n) is 18.3. The van der Waals surface area contributed by atoms with E-state index in [1.165, 1.54) is 0 Å². The van der Waals surface area contributed by atoms with Gasteiger partial charge < -0.3 is 9.26 Å². The molecule has 1 aliphatic heterocycles. The van der Waals surface area contributed by atoms with Gasteiger partial charge in [-0.2, -0.15) is 0 Å². The molecule has 2 aromatic heterocycles. The maximum atomic E-state index is 12.6. The number of esters is 1. The van der Waals surface area contributed by atoms with Crippen LogP contribution >= 0.6 is 0 Å². The lowest BCUT2D eigenvalue weighted by atomic mass is 9.85. The summed E-state index contributed by atoms with van der Waals surface area (Å²) in [6.07, 6.45) is 4.79. The Morgan fingerprint density at radius 2 is 1.75 bits per heavy atom. The maximum absolute atomic E-state index is 12.6. The summed E-state index contributed by atoms with van der Waals surface area (Å²) in [6, 6.07) is 3.48. The lowest BCUT2D eigenvalue weighted by molar-refractivity contribution is -0.145. The van der Waals surface area contributed by atoms with Crippen LogP contribution < -0.4 is 0 Å². The van der Waals surface area contributed by atoms with Gasteiger partial charge in [-0.1, -0.05) is 17.3 Å². The fraction of sp³-hybridized carbons (Fsp3) is 0.435. The minimum atomic E-state index is -0.632. The quantitative estimate of drug-likeness (QED) is 0.282. The summed E-state index contributed by atoms with van der Waals surface area (Å²) in [5, 5.41) is 3.98. The molecule has 0 radical (unpaired) electrons. The first kappa shape index (κ1) is 21.7. The number of rotatable bonds is 7. The second-order valence-corrected chi connectivity index (χ2v) is 8.23. The van der Waals surface area contributed by atoms with Gasteiger partial charge in [-0.05, 0) is 39.7 Å². The molecule has 0 unspecified atom stereocenters. The number of nitrogens with zero attached hydrogens (tertiary/aromatic N) is 3. The van der Waals surface area contributed by atoms with Crippen molar-refractivity contribution in [3.05, 3.63) is 47.0 Å². The molecule has 168 valence electrons. The van der Waals surface area contributed by atoms with Crippen molar-refractivity contribution in [1.29, 1.82) is 0 Å². The second-order valence-electron chi connectivity index (χ2n) is 8.23. The Morgan fingerprint density at radius 1 is 1.09 bits per heavy atom. The molecule has 1 saturated heterocycles. The molecule has 4 rings (SSSR count). The highest BCUT2D eigenvalue weighted by molar-refractivity contribution is 6.05. The highest BCUT2D eigenvalue weighted by Gasteiger charge is 2.46. The molecule has 0 saturated carbocycles. The number of aryl methyl sites for hydroxylation is 2. The minimum absolute atomic E-state index is 0.0300. The predicted octanol–water partition coefficient (Wildman–Crippen LogP) is 2.46. The van der Waals surface area contributed by atoms with E-state index in [9.17, 15) is 19.2 Å². The topological polar surface area (TPSA) is 112 Å². The van der Waals surface area contributed by atoms with E-state index in [0.29, 0.717) is 35.7 Å².